The molecule has 0 aliphatic carbocycles. The molecule has 0 unspecified atom stereocenters. The lowest BCUT2D eigenvalue weighted by Gasteiger charge is -2.49. The largest absolute Gasteiger partial charge is 0.477 e. The van der Waals surface area contributed by atoms with Gasteiger partial charge in [0.1, 0.15) is 28.2 Å². The zero-order valence-corrected chi connectivity index (χ0v) is 18.4. The number of aromatic nitrogens is 3. The number of hydrogen-bond acceptors (Lipinski definition) is 9. The summed E-state index contributed by atoms with van der Waals surface area (Å²) in [7, 11) is 0. The molecule has 2 aromatic rings. The van der Waals surface area contributed by atoms with E-state index < -0.39 is 35.2 Å². The maximum Gasteiger partial charge on any atom is 0.353 e. The number of carbonyl (C=O) groups is 3. The number of carboxylic acid groups (broad SMARTS) is 1. The minimum atomic E-state index is -1.17. The molecule has 2 amide bonds. The molecule has 4 rings (SSSR count). The number of nitrogens with two attached hydrogens (primary N) is 1. The van der Waals surface area contributed by atoms with Gasteiger partial charge in [0, 0.05) is 10.7 Å². The number of aromatic amines is 1. The molecule has 5 N–H and O–H groups in total. The summed E-state index contributed by atoms with van der Waals surface area (Å²) in [5, 5.41) is 23.3. The molecule has 1 saturated heterocycles. The summed E-state index contributed by atoms with van der Waals surface area (Å²) in [6.45, 7) is 0. The molecule has 10 nitrogen and oxygen atoms in total. The highest BCUT2D eigenvalue weighted by molar-refractivity contribution is 8.18. The van der Waals surface area contributed by atoms with Crippen molar-refractivity contribution in [2.45, 2.75) is 22.5 Å². The van der Waals surface area contributed by atoms with E-state index in [0.717, 1.165) is 0 Å². The van der Waals surface area contributed by atoms with Crippen molar-refractivity contribution < 1.29 is 19.5 Å². The summed E-state index contributed by atoms with van der Waals surface area (Å²) >= 11 is 4.18. The Morgan fingerprint density at radius 3 is 2.81 bits per heavy atom. The molecule has 2 aliphatic heterocycles. The first-order chi connectivity index (χ1) is 15.0. The molecule has 1 fully saturated rings. The molecule has 0 spiro atoms. The van der Waals surface area contributed by atoms with Gasteiger partial charge < -0.3 is 16.2 Å². The smallest absolute Gasteiger partial charge is 0.353 e. The first-order valence-corrected chi connectivity index (χ1v) is 12.1. The summed E-state index contributed by atoms with van der Waals surface area (Å²) in [6.07, 6.45) is 1.58. The molecule has 1 aromatic heterocycles. The molecule has 1 aromatic carbocycles. The van der Waals surface area contributed by atoms with Gasteiger partial charge >= 0.3 is 5.97 Å². The van der Waals surface area contributed by atoms with Crippen molar-refractivity contribution in [2.24, 2.45) is 5.73 Å². The van der Waals surface area contributed by atoms with E-state index in [0.29, 0.717) is 26.3 Å². The van der Waals surface area contributed by atoms with Crippen LogP contribution in [-0.4, -0.2) is 65.5 Å². The fourth-order valence-electron chi connectivity index (χ4n) is 3.18. The lowest BCUT2D eigenvalue weighted by molar-refractivity contribution is -0.150. The van der Waals surface area contributed by atoms with Crippen LogP contribution in [0.2, 0.25) is 0 Å². The number of thioether (sulfide) groups is 3. The van der Waals surface area contributed by atoms with E-state index in [1.54, 1.807) is 30.5 Å². The predicted octanol–water partition coefficient (Wildman–Crippen LogP) is 0.984. The van der Waals surface area contributed by atoms with Gasteiger partial charge in [-0.05, 0) is 5.56 Å². The van der Waals surface area contributed by atoms with Gasteiger partial charge in [-0.15, -0.1) is 28.6 Å². The molecule has 31 heavy (non-hydrogen) atoms. The Balaban J connectivity index is 1.42. The molecule has 2 aliphatic rings. The minimum Gasteiger partial charge on any atom is -0.477 e. The van der Waals surface area contributed by atoms with Gasteiger partial charge in [0.2, 0.25) is 5.91 Å². The number of hydrogen-bond donors (Lipinski definition) is 4. The quantitative estimate of drug-likeness (QED) is 0.245. The third kappa shape index (κ3) is 4.44. The highest BCUT2D eigenvalue weighted by atomic mass is 32.2. The Labute approximate surface area is 189 Å². The van der Waals surface area contributed by atoms with Crippen LogP contribution in [0.1, 0.15) is 11.6 Å². The van der Waals surface area contributed by atoms with Crippen LogP contribution in [0.15, 0.2) is 52.2 Å². The van der Waals surface area contributed by atoms with E-state index in [-0.39, 0.29) is 5.70 Å². The first kappa shape index (κ1) is 21.7. The second-order valence-corrected chi connectivity index (χ2v) is 10.1. The van der Waals surface area contributed by atoms with Gasteiger partial charge in [-0.2, -0.15) is 10.3 Å². The zero-order valence-electron chi connectivity index (χ0n) is 15.9. The van der Waals surface area contributed by atoms with Crippen LogP contribution >= 0.6 is 35.3 Å². The number of benzene rings is 1. The molecule has 3 atom stereocenters. The summed E-state index contributed by atoms with van der Waals surface area (Å²) in [6, 6.07) is 7.13. The maximum absolute atomic E-state index is 12.7. The molecular weight excluding hydrogens is 460 g/mol. The Morgan fingerprint density at radius 1 is 1.35 bits per heavy atom. The zero-order chi connectivity index (χ0) is 22.0. The summed E-state index contributed by atoms with van der Waals surface area (Å²) in [5.74, 6) is -1.67. The highest BCUT2D eigenvalue weighted by Gasteiger charge is 2.54. The average Bonchev–Trinajstić information content (AvgIpc) is 3.30. The number of nitrogens with zero attached hydrogens (tertiary/aromatic N) is 3. The molecule has 0 bridgehead atoms. The van der Waals surface area contributed by atoms with E-state index in [9.17, 15) is 19.5 Å². The number of aliphatic carboxylic acids is 1. The molecular formula is C18H18N6O4S3. The van der Waals surface area contributed by atoms with E-state index in [1.165, 1.54) is 40.2 Å². The second-order valence-electron chi connectivity index (χ2n) is 6.58. The topological polar surface area (TPSA) is 154 Å². The summed E-state index contributed by atoms with van der Waals surface area (Å²) in [5.41, 5.74) is 6.61. The van der Waals surface area contributed by atoms with E-state index in [2.05, 4.69) is 20.7 Å². The average molecular weight is 479 g/mol. The Bertz CT molecular complexity index is 1020. The number of nitrogens with one attached hydrogen (secondary N) is 2. The summed E-state index contributed by atoms with van der Waals surface area (Å²) in [4.78, 5) is 39.0. The maximum atomic E-state index is 12.7. The lowest BCUT2D eigenvalue weighted by Crippen LogP contribution is -2.71. The van der Waals surface area contributed by atoms with Crippen LogP contribution in [0.5, 0.6) is 0 Å². The van der Waals surface area contributed by atoms with Gasteiger partial charge in [-0.1, -0.05) is 42.1 Å². The molecule has 162 valence electrons. The monoisotopic (exact) mass is 478 g/mol. The van der Waals surface area contributed by atoms with Crippen molar-refractivity contribution in [1.82, 2.24) is 25.6 Å². The number of amides is 2. The fraction of sp³-hybridized carbons (Fsp3) is 0.278. The van der Waals surface area contributed by atoms with Gasteiger partial charge in [0.05, 0.1) is 11.3 Å². The fourth-order valence-corrected chi connectivity index (χ4v) is 6.75. The number of fused-ring (bicyclic) bond motifs is 1. The van der Waals surface area contributed by atoms with Gasteiger partial charge in [-0.25, -0.2) is 4.79 Å². The van der Waals surface area contributed by atoms with Crippen LogP contribution in [0, 0.1) is 0 Å². The third-order valence-corrected chi connectivity index (χ3v) is 8.29. The predicted molar refractivity (Wildman–Crippen MR) is 118 cm³/mol. The van der Waals surface area contributed by atoms with Gasteiger partial charge in [-0.3, -0.25) is 14.5 Å². The highest BCUT2D eigenvalue weighted by Crippen LogP contribution is 2.44. The van der Waals surface area contributed by atoms with Crippen molar-refractivity contribution in [3.63, 3.8) is 0 Å². The van der Waals surface area contributed by atoms with Crippen LogP contribution in [-0.2, 0) is 14.4 Å². The van der Waals surface area contributed by atoms with E-state index >= 15 is 0 Å². The van der Waals surface area contributed by atoms with Crippen molar-refractivity contribution in [2.75, 3.05) is 10.8 Å². The van der Waals surface area contributed by atoms with E-state index in [4.69, 9.17) is 5.73 Å². The first-order valence-electron chi connectivity index (χ1n) is 9.10. The number of rotatable bonds is 8. The number of carboxylic acids is 1. The van der Waals surface area contributed by atoms with E-state index in [1.807, 2.05) is 6.07 Å². The number of β-lactam (4-membered cyclic amide) rings is 1. The van der Waals surface area contributed by atoms with Crippen LogP contribution in [0.4, 0.5) is 0 Å². The molecule has 3 heterocycles. The second kappa shape index (κ2) is 9.34. The van der Waals surface area contributed by atoms with Gasteiger partial charge in [0.25, 0.3) is 5.91 Å². The number of carbonyl (C=O) groups excluding carboxylic acids is 2. The Hall–Kier alpha value is -2.48. The van der Waals surface area contributed by atoms with Gasteiger partial charge in [0.15, 0.2) is 0 Å². The van der Waals surface area contributed by atoms with Crippen LogP contribution < -0.4 is 11.1 Å². The van der Waals surface area contributed by atoms with Crippen LogP contribution in [0.25, 0.3) is 0 Å². The minimum absolute atomic E-state index is 0.0302. The SMILES string of the molecule is N[C@H](C(=O)N[C@@H]1C(=O)N2C(C(=O)O)=C(SCSc3cn[nH]n3)CS[C@@H]12)c1ccccc1. The molecule has 13 heteroatoms. The number of H-pyrrole nitrogens is 1. The Morgan fingerprint density at radius 2 is 2.13 bits per heavy atom. The van der Waals surface area contributed by atoms with Crippen molar-refractivity contribution in [1.29, 1.82) is 0 Å². The van der Waals surface area contributed by atoms with Crippen molar-refractivity contribution in [3.8, 4) is 0 Å². The Kier molecular flexibility index (Phi) is 6.55. The van der Waals surface area contributed by atoms with Crippen LogP contribution in [0.3, 0.4) is 0 Å². The standard InChI is InChI=1S/C18H18N6O4S3/c19-12(9-4-2-1-3-5-9)15(25)21-13-16(26)24-14(18(27)28)10(7-29-17(13)24)30-8-31-11-6-20-23-22-11/h1-6,12-13,17H,7-8,19H2,(H,21,25)(H,27,28)(H,20,22,23)/t12-,13+,17-/m0/s1. The summed E-state index contributed by atoms with van der Waals surface area (Å²) < 4.78 is 0. The lowest BCUT2D eigenvalue weighted by atomic mass is 10.0. The van der Waals surface area contributed by atoms with Crippen molar-refractivity contribution >= 4 is 53.1 Å². The molecule has 0 radical (unpaired) electrons. The van der Waals surface area contributed by atoms with Crippen molar-refractivity contribution in [3.05, 3.63) is 52.7 Å². The third-order valence-electron chi connectivity index (χ3n) is 4.71. The normalized spacial score (nSPS) is 21.3. The molecule has 0 saturated carbocycles.